The molecule has 11 nitrogen and oxygen atoms in total. The van der Waals surface area contributed by atoms with Gasteiger partial charge >= 0.3 is 12.0 Å². The topological polar surface area (TPSA) is 140 Å². The first-order valence-corrected chi connectivity index (χ1v) is 12.1. The van der Waals surface area contributed by atoms with Crippen LogP contribution in [-0.4, -0.2) is 44.4 Å². The first-order chi connectivity index (χ1) is 18.9. The van der Waals surface area contributed by atoms with Crippen molar-refractivity contribution >= 4 is 24.1 Å². The molecule has 202 valence electrons. The Bertz CT molecular complexity index is 1410. The summed E-state index contributed by atoms with van der Waals surface area (Å²) in [6.07, 6.45) is 1.39. The quantitative estimate of drug-likeness (QED) is 0.206. The van der Waals surface area contributed by atoms with Crippen molar-refractivity contribution in [3.8, 4) is 22.8 Å². The van der Waals surface area contributed by atoms with E-state index in [-0.39, 0.29) is 24.5 Å². The van der Waals surface area contributed by atoms with Crippen LogP contribution in [0.3, 0.4) is 0 Å². The number of hydrogen-bond acceptors (Lipinski definition) is 8. The van der Waals surface area contributed by atoms with Crippen LogP contribution in [0.5, 0.6) is 11.5 Å². The minimum absolute atomic E-state index is 0.189. The summed E-state index contributed by atoms with van der Waals surface area (Å²) in [5, 5.41) is 9.22. The SMILES string of the molecule is CCOC(=O)C1=C(C)NC(=O)N[C@@H]1c1ccc(OCC(=O)N/N=C\c2ccc(-c3ccccc3)o2)c(OC)c1. The third-order valence-corrected chi connectivity index (χ3v) is 5.71. The number of methoxy groups -OCH3 is 1. The molecule has 1 aliphatic heterocycles. The molecule has 3 N–H and O–H groups in total. The van der Waals surface area contributed by atoms with Crippen LogP contribution in [0.4, 0.5) is 4.79 Å². The lowest BCUT2D eigenvalue weighted by molar-refractivity contribution is -0.139. The number of nitrogens with zero attached hydrogens (tertiary/aromatic N) is 1. The lowest BCUT2D eigenvalue weighted by atomic mass is 9.95. The summed E-state index contributed by atoms with van der Waals surface area (Å²) in [6, 6.07) is 16.8. The molecule has 0 spiro atoms. The van der Waals surface area contributed by atoms with E-state index in [2.05, 4.69) is 21.2 Å². The number of carbonyl (C=O) groups is 3. The number of nitrogens with one attached hydrogen (secondary N) is 3. The molecule has 2 aromatic carbocycles. The van der Waals surface area contributed by atoms with Gasteiger partial charge in [-0.2, -0.15) is 5.10 Å². The zero-order valence-corrected chi connectivity index (χ0v) is 21.6. The highest BCUT2D eigenvalue weighted by atomic mass is 16.5. The maximum atomic E-state index is 12.6. The van der Waals surface area contributed by atoms with Crippen molar-refractivity contribution in [2.45, 2.75) is 19.9 Å². The van der Waals surface area contributed by atoms with Crippen molar-refractivity contribution in [1.82, 2.24) is 16.1 Å². The molecule has 11 heteroatoms. The highest BCUT2D eigenvalue weighted by molar-refractivity contribution is 5.95. The zero-order chi connectivity index (χ0) is 27.8. The maximum Gasteiger partial charge on any atom is 0.338 e. The van der Waals surface area contributed by atoms with Gasteiger partial charge in [0.2, 0.25) is 0 Å². The zero-order valence-electron chi connectivity index (χ0n) is 21.6. The van der Waals surface area contributed by atoms with Gasteiger partial charge in [-0.25, -0.2) is 15.0 Å². The van der Waals surface area contributed by atoms with Gasteiger partial charge < -0.3 is 29.3 Å². The summed E-state index contributed by atoms with van der Waals surface area (Å²) in [6.45, 7) is 3.18. The summed E-state index contributed by atoms with van der Waals surface area (Å²) in [5.74, 6) is 0.713. The Morgan fingerprint density at radius 3 is 2.64 bits per heavy atom. The van der Waals surface area contributed by atoms with Crippen LogP contribution in [0.1, 0.15) is 31.2 Å². The number of furan rings is 1. The van der Waals surface area contributed by atoms with Crippen molar-refractivity contribution < 1.29 is 33.0 Å². The number of benzene rings is 2. The van der Waals surface area contributed by atoms with E-state index in [1.807, 2.05) is 36.4 Å². The van der Waals surface area contributed by atoms with Gasteiger partial charge in [-0.15, -0.1) is 0 Å². The fourth-order valence-electron chi connectivity index (χ4n) is 3.93. The molecule has 3 aromatic rings. The van der Waals surface area contributed by atoms with Crippen molar-refractivity contribution in [2.24, 2.45) is 5.10 Å². The number of carbonyl (C=O) groups excluding carboxylic acids is 3. The average molecular weight is 533 g/mol. The molecule has 0 unspecified atom stereocenters. The van der Waals surface area contributed by atoms with Crippen LogP contribution in [0.2, 0.25) is 0 Å². The summed E-state index contributed by atoms with van der Waals surface area (Å²) in [4.78, 5) is 36.9. The molecule has 0 radical (unpaired) electrons. The van der Waals surface area contributed by atoms with Crippen LogP contribution < -0.4 is 25.5 Å². The normalized spacial score (nSPS) is 14.9. The number of hydrazone groups is 1. The Kier molecular flexibility index (Phi) is 8.62. The molecule has 0 saturated heterocycles. The van der Waals surface area contributed by atoms with E-state index < -0.39 is 23.9 Å². The molecular weight excluding hydrogens is 504 g/mol. The molecule has 0 fully saturated rings. The summed E-state index contributed by atoms with van der Waals surface area (Å²) in [5.41, 5.74) is 4.55. The lowest BCUT2D eigenvalue weighted by Crippen LogP contribution is -2.45. The van der Waals surface area contributed by atoms with E-state index >= 15 is 0 Å². The van der Waals surface area contributed by atoms with Gasteiger partial charge in [0.25, 0.3) is 5.91 Å². The predicted octanol–water partition coefficient (Wildman–Crippen LogP) is 3.68. The molecule has 0 saturated carbocycles. The predicted molar refractivity (Wildman–Crippen MR) is 142 cm³/mol. The molecule has 3 amide bonds. The fourth-order valence-corrected chi connectivity index (χ4v) is 3.93. The molecule has 1 atom stereocenters. The van der Waals surface area contributed by atoms with Crippen molar-refractivity contribution in [1.29, 1.82) is 0 Å². The van der Waals surface area contributed by atoms with Gasteiger partial charge in [0.05, 0.1) is 31.5 Å². The van der Waals surface area contributed by atoms with E-state index in [1.54, 1.807) is 38.1 Å². The number of allylic oxidation sites excluding steroid dienone is 1. The standard InChI is InChI=1S/C28H28N4O7/c1-4-37-27(34)25-17(2)30-28(35)31-26(25)19-10-12-22(23(14-19)36-3)38-16-24(33)32-29-15-20-11-13-21(39-20)18-8-6-5-7-9-18/h5-15,26H,4,16H2,1-3H3,(H,32,33)(H2,30,31,35)/b29-15-/t26-/m1/s1. The van der Waals surface area contributed by atoms with Gasteiger partial charge in [-0.05, 0) is 43.7 Å². The Morgan fingerprint density at radius 2 is 1.90 bits per heavy atom. The van der Waals surface area contributed by atoms with Gasteiger partial charge in [0.15, 0.2) is 18.1 Å². The van der Waals surface area contributed by atoms with Gasteiger partial charge in [0.1, 0.15) is 11.5 Å². The number of ether oxygens (including phenoxy) is 3. The molecule has 2 heterocycles. The number of amides is 3. The first kappa shape index (κ1) is 27.0. The molecule has 0 aliphatic carbocycles. The monoisotopic (exact) mass is 532 g/mol. The van der Waals surface area contributed by atoms with Crippen molar-refractivity contribution in [3.63, 3.8) is 0 Å². The lowest BCUT2D eigenvalue weighted by Gasteiger charge is -2.28. The summed E-state index contributed by atoms with van der Waals surface area (Å²) < 4.78 is 21.9. The number of esters is 1. The number of rotatable bonds is 10. The Labute approximate surface area is 224 Å². The van der Waals surface area contributed by atoms with Gasteiger partial charge in [0, 0.05) is 11.3 Å². The van der Waals surface area contributed by atoms with Crippen LogP contribution in [0.25, 0.3) is 11.3 Å². The van der Waals surface area contributed by atoms with Crippen molar-refractivity contribution in [3.05, 3.63) is 83.3 Å². The fraction of sp³-hybridized carbons (Fsp3) is 0.214. The van der Waals surface area contributed by atoms with Crippen LogP contribution >= 0.6 is 0 Å². The number of urea groups is 1. The first-order valence-electron chi connectivity index (χ1n) is 12.1. The second-order valence-electron chi connectivity index (χ2n) is 8.35. The average Bonchev–Trinajstić information content (AvgIpc) is 3.41. The molecule has 39 heavy (non-hydrogen) atoms. The summed E-state index contributed by atoms with van der Waals surface area (Å²) in [7, 11) is 1.44. The Hall–Kier alpha value is -5.06. The van der Waals surface area contributed by atoms with Gasteiger partial charge in [-0.3, -0.25) is 4.79 Å². The molecule has 4 rings (SSSR count). The van der Waals surface area contributed by atoms with Crippen LogP contribution in [-0.2, 0) is 14.3 Å². The smallest absolute Gasteiger partial charge is 0.338 e. The highest BCUT2D eigenvalue weighted by Crippen LogP contribution is 2.34. The van der Waals surface area contributed by atoms with E-state index in [0.29, 0.717) is 28.5 Å². The van der Waals surface area contributed by atoms with Crippen molar-refractivity contribution in [2.75, 3.05) is 20.3 Å². The maximum absolute atomic E-state index is 12.6. The van der Waals surface area contributed by atoms with E-state index in [0.717, 1.165) is 5.56 Å². The highest BCUT2D eigenvalue weighted by Gasteiger charge is 2.32. The summed E-state index contributed by atoms with van der Waals surface area (Å²) >= 11 is 0. The third kappa shape index (κ3) is 6.63. The minimum Gasteiger partial charge on any atom is -0.493 e. The van der Waals surface area contributed by atoms with E-state index in [1.165, 1.54) is 13.3 Å². The molecule has 1 aliphatic rings. The van der Waals surface area contributed by atoms with E-state index in [9.17, 15) is 14.4 Å². The van der Waals surface area contributed by atoms with Crippen LogP contribution in [0, 0.1) is 0 Å². The largest absolute Gasteiger partial charge is 0.493 e. The second kappa shape index (κ2) is 12.5. The third-order valence-electron chi connectivity index (χ3n) is 5.71. The minimum atomic E-state index is -0.762. The second-order valence-corrected chi connectivity index (χ2v) is 8.35. The molecule has 0 bridgehead atoms. The molecule has 1 aromatic heterocycles. The van der Waals surface area contributed by atoms with Gasteiger partial charge in [-0.1, -0.05) is 36.4 Å². The Balaban J connectivity index is 1.38. The van der Waals surface area contributed by atoms with E-state index in [4.69, 9.17) is 18.6 Å². The number of hydrogen-bond donors (Lipinski definition) is 3. The molecular formula is C28H28N4O7. The Morgan fingerprint density at radius 1 is 1.10 bits per heavy atom. The van der Waals surface area contributed by atoms with Crippen LogP contribution in [0.15, 0.2) is 81.5 Å².